The number of pyridine rings is 1. The van der Waals surface area contributed by atoms with Crippen LogP contribution in [-0.4, -0.2) is 28.3 Å². The lowest BCUT2D eigenvalue weighted by molar-refractivity contribution is 0.0955. The summed E-state index contributed by atoms with van der Waals surface area (Å²) in [5, 5.41) is 5.31. The number of nitrogens with one attached hydrogen (secondary N) is 1. The van der Waals surface area contributed by atoms with Crippen molar-refractivity contribution in [3.63, 3.8) is 0 Å². The molecule has 0 aliphatic heterocycles. The van der Waals surface area contributed by atoms with Crippen molar-refractivity contribution in [2.45, 2.75) is 39.7 Å². The Morgan fingerprint density at radius 3 is 2.65 bits per heavy atom. The Morgan fingerprint density at radius 2 is 1.85 bits per heavy atom. The van der Waals surface area contributed by atoms with Crippen molar-refractivity contribution in [3.8, 4) is 5.75 Å². The average Bonchev–Trinajstić information content (AvgIpc) is 3.15. The Morgan fingerprint density at radius 1 is 1.12 bits per heavy atom. The summed E-state index contributed by atoms with van der Waals surface area (Å²) in [5.74, 6) is 1.13. The number of hydrogen-bond acceptors (Lipinski definition) is 4. The van der Waals surface area contributed by atoms with Crippen molar-refractivity contribution >= 4 is 23.0 Å². The van der Waals surface area contributed by atoms with Gasteiger partial charge in [0.15, 0.2) is 0 Å². The van der Waals surface area contributed by atoms with Crippen molar-refractivity contribution < 1.29 is 9.53 Å². The molecular formula is C28H30N4O2. The molecule has 0 saturated carbocycles. The predicted molar refractivity (Wildman–Crippen MR) is 137 cm³/mol. The van der Waals surface area contributed by atoms with Crippen LogP contribution in [0.1, 0.15) is 53.4 Å². The first-order valence-corrected chi connectivity index (χ1v) is 11.6. The highest BCUT2D eigenvalue weighted by Crippen LogP contribution is 2.29. The van der Waals surface area contributed by atoms with E-state index in [0.29, 0.717) is 24.6 Å². The highest BCUT2D eigenvalue weighted by atomic mass is 16.5. The van der Waals surface area contributed by atoms with E-state index in [1.165, 1.54) is 5.56 Å². The Labute approximate surface area is 200 Å². The summed E-state index contributed by atoms with van der Waals surface area (Å²) >= 11 is 0. The number of hydrazone groups is 1. The number of rotatable bonds is 9. The lowest BCUT2D eigenvalue weighted by Gasteiger charge is -2.16. The number of hydrogen-bond donors (Lipinski definition) is 1. The fourth-order valence-corrected chi connectivity index (χ4v) is 4.12. The van der Waals surface area contributed by atoms with Gasteiger partial charge in [0, 0.05) is 40.1 Å². The van der Waals surface area contributed by atoms with Crippen LogP contribution >= 0.6 is 0 Å². The van der Waals surface area contributed by atoms with Gasteiger partial charge in [-0.25, -0.2) is 5.43 Å². The standard InChI is InChI=1S/C28H30N4O2/c1-4-20(2)23-9-6-8-12-27(23)34-18-17-32-21(3)25(24-10-5-7-11-26(24)32)19-30-31-28(33)22-13-15-29-16-14-22/h5-16,19-20H,4,17-18H2,1-3H3,(H,31,33)/b30-19+. The summed E-state index contributed by atoms with van der Waals surface area (Å²) in [6.45, 7) is 7.75. The molecule has 2 aromatic heterocycles. The summed E-state index contributed by atoms with van der Waals surface area (Å²) in [4.78, 5) is 16.2. The van der Waals surface area contributed by atoms with Crippen molar-refractivity contribution in [3.05, 3.63) is 95.4 Å². The van der Waals surface area contributed by atoms with Crippen molar-refractivity contribution in [1.82, 2.24) is 15.0 Å². The first-order chi connectivity index (χ1) is 16.6. The first kappa shape index (κ1) is 23.2. The molecule has 0 fully saturated rings. The molecular weight excluding hydrogens is 424 g/mol. The smallest absolute Gasteiger partial charge is 0.271 e. The number of para-hydroxylation sites is 2. The SMILES string of the molecule is CCC(C)c1ccccc1OCCn1c(C)c(/C=N/NC(=O)c2ccncc2)c2ccccc21. The number of nitrogens with zero attached hydrogens (tertiary/aromatic N) is 3. The Hall–Kier alpha value is -3.93. The van der Waals surface area contributed by atoms with Crippen LogP contribution in [0.15, 0.2) is 78.2 Å². The molecule has 6 nitrogen and oxygen atoms in total. The van der Waals surface area contributed by atoms with Crippen molar-refractivity contribution in [2.75, 3.05) is 6.61 Å². The van der Waals surface area contributed by atoms with Gasteiger partial charge in [0.1, 0.15) is 12.4 Å². The average molecular weight is 455 g/mol. The molecule has 6 heteroatoms. The lowest BCUT2D eigenvalue weighted by atomic mass is 9.98. The molecule has 0 aliphatic carbocycles. The lowest BCUT2D eigenvalue weighted by Crippen LogP contribution is -2.17. The van der Waals surface area contributed by atoms with Gasteiger partial charge in [-0.2, -0.15) is 5.10 Å². The molecule has 1 unspecified atom stereocenters. The minimum Gasteiger partial charge on any atom is -0.491 e. The number of carbonyl (C=O) groups excluding carboxylic acids is 1. The van der Waals surface area contributed by atoms with Gasteiger partial charge in [0.25, 0.3) is 5.91 Å². The van der Waals surface area contributed by atoms with Gasteiger partial charge in [0.05, 0.1) is 12.8 Å². The maximum atomic E-state index is 12.3. The van der Waals surface area contributed by atoms with Crippen LogP contribution in [-0.2, 0) is 6.54 Å². The highest BCUT2D eigenvalue weighted by molar-refractivity contribution is 6.02. The maximum absolute atomic E-state index is 12.3. The number of fused-ring (bicyclic) bond motifs is 1. The number of ether oxygens (including phenoxy) is 1. The van der Waals surface area contributed by atoms with E-state index in [-0.39, 0.29) is 5.91 Å². The minimum atomic E-state index is -0.270. The van der Waals surface area contributed by atoms with E-state index >= 15 is 0 Å². The molecule has 0 aliphatic rings. The van der Waals surface area contributed by atoms with Gasteiger partial charge >= 0.3 is 0 Å². The molecule has 174 valence electrons. The summed E-state index contributed by atoms with van der Waals surface area (Å²) < 4.78 is 8.47. The van der Waals surface area contributed by atoms with E-state index in [1.54, 1.807) is 30.7 Å². The van der Waals surface area contributed by atoms with E-state index < -0.39 is 0 Å². The second-order valence-electron chi connectivity index (χ2n) is 8.30. The van der Waals surface area contributed by atoms with Gasteiger partial charge < -0.3 is 9.30 Å². The monoisotopic (exact) mass is 454 g/mol. The fraction of sp³-hybridized carbons (Fsp3) is 0.250. The van der Waals surface area contributed by atoms with Gasteiger partial charge in [-0.1, -0.05) is 50.2 Å². The van der Waals surface area contributed by atoms with Crippen LogP contribution in [0.5, 0.6) is 5.75 Å². The highest BCUT2D eigenvalue weighted by Gasteiger charge is 2.14. The molecule has 0 bridgehead atoms. The molecule has 0 radical (unpaired) electrons. The zero-order valence-corrected chi connectivity index (χ0v) is 19.9. The van der Waals surface area contributed by atoms with Gasteiger partial charge in [-0.15, -0.1) is 0 Å². The molecule has 1 N–H and O–H groups in total. The van der Waals surface area contributed by atoms with Crippen LogP contribution in [0.2, 0.25) is 0 Å². The van der Waals surface area contributed by atoms with E-state index in [2.05, 4.69) is 65.1 Å². The van der Waals surface area contributed by atoms with Crippen LogP contribution in [0.25, 0.3) is 10.9 Å². The quantitative estimate of drug-likeness (QED) is 0.260. The molecule has 34 heavy (non-hydrogen) atoms. The molecule has 2 aromatic carbocycles. The molecule has 4 rings (SSSR count). The maximum Gasteiger partial charge on any atom is 0.271 e. The minimum absolute atomic E-state index is 0.270. The van der Waals surface area contributed by atoms with Crippen molar-refractivity contribution in [2.24, 2.45) is 5.10 Å². The summed E-state index contributed by atoms with van der Waals surface area (Å²) in [6.07, 6.45) is 5.95. The third-order valence-electron chi connectivity index (χ3n) is 6.22. The van der Waals surface area contributed by atoms with Crippen molar-refractivity contribution in [1.29, 1.82) is 0 Å². The number of aromatic nitrogens is 2. The largest absolute Gasteiger partial charge is 0.491 e. The van der Waals surface area contributed by atoms with Crippen LogP contribution in [0.4, 0.5) is 0 Å². The number of amides is 1. The molecule has 4 aromatic rings. The molecule has 1 amide bonds. The fourth-order valence-electron chi connectivity index (χ4n) is 4.12. The summed E-state index contributed by atoms with van der Waals surface area (Å²) in [7, 11) is 0. The Balaban J connectivity index is 1.51. The normalized spacial score (nSPS) is 12.2. The summed E-state index contributed by atoms with van der Waals surface area (Å²) in [5.41, 5.74) is 7.53. The first-order valence-electron chi connectivity index (χ1n) is 11.6. The zero-order chi connectivity index (χ0) is 23.9. The second kappa shape index (κ2) is 10.8. The Kier molecular flexibility index (Phi) is 7.38. The second-order valence-corrected chi connectivity index (χ2v) is 8.30. The van der Waals surface area contributed by atoms with Crippen LogP contribution in [0.3, 0.4) is 0 Å². The van der Waals surface area contributed by atoms with E-state index in [9.17, 15) is 4.79 Å². The van der Waals surface area contributed by atoms with E-state index in [4.69, 9.17) is 4.74 Å². The molecule has 1 atom stereocenters. The Bertz CT molecular complexity index is 1290. The number of benzene rings is 2. The zero-order valence-electron chi connectivity index (χ0n) is 19.9. The third kappa shape index (κ3) is 5.01. The predicted octanol–water partition coefficient (Wildman–Crippen LogP) is 5.70. The van der Waals surface area contributed by atoms with Gasteiger partial charge in [0.2, 0.25) is 0 Å². The van der Waals surface area contributed by atoms with Crippen LogP contribution < -0.4 is 10.2 Å². The molecule has 0 spiro atoms. The molecule has 2 heterocycles. The van der Waals surface area contributed by atoms with Crippen LogP contribution in [0, 0.1) is 6.92 Å². The topological polar surface area (TPSA) is 68.5 Å². The molecule has 0 saturated heterocycles. The third-order valence-corrected chi connectivity index (χ3v) is 6.22. The van der Waals surface area contributed by atoms with E-state index in [0.717, 1.165) is 34.3 Å². The summed E-state index contributed by atoms with van der Waals surface area (Å²) in [6, 6.07) is 19.8. The van der Waals surface area contributed by atoms with Gasteiger partial charge in [-0.3, -0.25) is 9.78 Å². The van der Waals surface area contributed by atoms with E-state index in [1.807, 2.05) is 24.3 Å². The number of carbonyl (C=O) groups is 1. The van der Waals surface area contributed by atoms with Gasteiger partial charge in [-0.05, 0) is 49.1 Å².